The van der Waals surface area contributed by atoms with Crippen molar-refractivity contribution in [3.63, 3.8) is 0 Å². The van der Waals surface area contributed by atoms with Crippen molar-refractivity contribution in [3.8, 4) is 0 Å². The summed E-state index contributed by atoms with van der Waals surface area (Å²) in [6.45, 7) is 4.21. The smallest absolute Gasteiger partial charge is 0.321 e. The van der Waals surface area contributed by atoms with E-state index >= 15 is 0 Å². The van der Waals surface area contributed by atoms with Gasteiger partial charge in [0.25, 0.3) is 0 Å². The number of para-hydroxylation sites is 1. The largest absolute Gasteiger partial charge is 0.322 e. The Bertz CT molecular complexity index is 377. The number of benzene rings is 1. The summed E-state index contributed by atoms with van der Waals surface area (Å²) in [4.78, 5) is 16.1. The summed E-state index contributed by atoms with van der Waals surface area (Å²) in [7, 11) is 0. The minimum absolute atomic E-state index is 0.0216. The molecule has 1 heterocycles. The molecule has 2 amide bonds. The van der Waals surface area contributed by atoms with E-state index in [9.17, 15) is 4.79 Å². The lowest BCUT2D eigenvalue weighted by Gasteiger charge is -2.34. The van der Waals surface area contributed by atoms with Gasteiger partial charge in [-0.25, -0.2) is 4.79 Å². The van der Waals surface area contributed by atoms with Gasteiger partial charge in [0, 0.05) is 44.3 Å². The summed E-state index contributed by atoms with van der Waals surface area (Å²) in [5.41, 5.74) is 0.839. The van der Waals surface area contributed by atoms with E-state index in [4.69, 9.17) is 11.6 Å². The topological polar surface area (TPSA) is 35.6 Å². The number of rotatable bonds is 3. The molecule has 0 bridgehead atoms. The fourth-order valence-corrected chi connectivity index (χ4v) is 2.26. The molecule has 0 spiro atoms. The molecule has 1 aliphatic rings. The number of nitrogens with zero attached hydrogens (tertiary/aromatic N) is 2. The number of amides is 2. The molecule has 5 heteroatoms. The van der Waals surface area contributed by atoms with Crippen molar-refractivity contribution in [1.82, 2.24) is 9.80 Å². The van der Waals surface area contributed by atoms with E-state index in [-0.39, 0.29) is 6.03 Å². The highest BCUT2D eigenvalue weighted by Gasteiger charge is 2.20. The number of hydrogen-bond donors (Lipinski definition) is 1. The molecule has 0 atom stereocenters. The summed E-state index contributed by atoms with van der Waals surface area (Å²) < 4.78 is 0. The predicted octanol–water partition coefficient (Wildman–Crippen LogP) is 2.07. The number of piperazine rings is 1. The van der Waals surface area contributed by atoms with Crippen LogP contribution in [-0.2, 0) is 0 Å². The minimum Gasteiger partial charge on any atom is -0.322 e. The Hall–Kier alpha value is -1.26. The Morgan fingerprint density at radius 3 is 2.44 bits per heavy atom. The average Bonchev–Trinajstić information content (AvgIpc) is 2.41. The van der Waals surface area contributed by atoms with Gasteiger partial charge in [0.1, 0.15) is 0 Å². The molecular formula is C13H18ClN3O. The first kappa shape index (κ1) is 13.2. The monoisotopic (exact) mass is 267 g/mol. The molecule has 1 aromatic rings. The van der Waals surface area contributed by atoms with Gasteiger partial charge in [0.15, 0.2) is 0 Å². The number of urea groups is 1. The minimum atomic E-state index is -0.0216. The standard InChI is InChI=1S/C13H18ClN3O/c14-6-7-16-8-10-17(11-9-16)13(18)15-12-4-2-1-3-5-12/h1-5H,6-11H2,(H,15,18). The van der Waals surface area contributed by atoms with Crippen molar-refractivity contribution < 1.29 is 4.79 Å². The zero-order valence-electron chi connectivity index (χ0n) is 10.3. The summed E-state index contributed by atoms with van der Waals surface area (Å²) in [6.07, 6.45) is 0. The van der Waals surface area contributed by atoms with Gasteiger partial charge >= 0.3 is 6.03 Å². The molecular weight excluding hydrogens is 250 g/mol. The quantitative estimate of drug-likeness (QED) is 0.851. The highest BCUT2D eigenvalue weighted by Crippen LogP contribution is 2.08. The Labute approximate surface area is 113 Å². The van der Waals surface area contributed by atoms with Crippen LogP contribution in [0.3, 0.4) is 0 Å². The van der Waals surface area contributed by atoms with Crippen molar-refractivity contribution in [3.05, 3.63) is 30.3 Å². The van der Waals surface area contributed by atoms with Crippen LogP contribution in [0.4, 0.5) is 10.5 Å². The molecule has 0 unspecified atom stereocenters. The van der Waals surface area contributed by atoms with Gasteiger partial charge in [0.2, 0.25) is 0 Å². The number of carbonyl (C=O) groups is 1. The molecule has 0 saturated carbocycles. The second-order valence-electron chi connectivity index (χ2n) is 4.31. The first-order valence-corrected chi connectivity index (χ1v) is 6.72. The lowest BCUT2D eigenvalue weighted by molar-refractivity contribution is 0.152. The Balaban J connectivity index is 1.81. The second kappa shape index (κ2) is 6.61. The van der Waals surface area contributed by atoms with Crippen LogP contribution in [0.25, 0.3) is 0 Å². The summed E-state index contributed by atoms with van der Waals surface area (Å²) in [6, 6.07) is 9.51. The molecule has 0 aromatic heterocycles. The fraction of sp³-hybridized carbons (Fsp3) is 0.462. The van der Waals surface area contributed by atoms with E-state index in [1.165, 1.54) is 0 Å². The average molecular weight is 268 g/mol. The van der Waals surface area contributed by atoms with E-state index in [0.29, 0.717) is 5.88 Å². The summed E-state index contributed by atoms with van der Waals surface area (Å²) in [5.74, 6) is 0.649. The number of halogens is 1. The van der Waals surface area contributed by atoms with E-state index in [1.807, 2.05) is 35.2 Å². The van der Waals surface area contributed by atoms with Crippen molar-refractivity contribution in [2.75, 3.05) is 43.9 Å². The van der Waals surface area contributed by atoms with E-state index in [0.717, 1.165) is 38.4 Å². The van der Waals surface area contributed by atoms with Gasteiger partial charge in [-0.1, -0.05) is 18.2 Å². The van der Waals surface area contributed by atoms with Gasteiger partial charge in [-0.3, -0.25) is 4.90 Å². The highest BCUT2D eigenvalue weighted by atomic mass is 35.5. The normalized spacial score (nSPS) is 16.6. The lowest BCUT2D eigenvalue weighted by atomic mass is 10.3. The third-order valence-corrected chi connectivity index (χ3v) is 3.25. The van der Waals surface area contributed by atoms with Crippen LogP contribution in [0.2, 0.25) is 0 Å². The van der Waals surface area contributed by atoms with Crippen LogP contribution in [-0.4, -0.2) is 54.4 Å². The zero-order chi connectivity index (χ0) is 12.8. The highest BCUT2D eigenvalue weighted by molar-refractivity contribution is 6.18. The Kier molecular flexibility index (Phi) is 4.84. The molecule has 18 heavy (non-hydrogen) atoms. The zero-order valence-corrected chi connectivity index (χ0v) is 11.1. The first-order valence-electron chi connectivity index (χ1n) is 6.19. The molecule has 1 saturated heterocycles. The molecule has 2 rings (SSSR count). The van der Waals surface area contributed by atoms with Crippen LogP contribution in [0.1, 0.15) is 0 Å². The number of nitrogens with one attached hydrogen (secondary N) is 1. The fourth-order valence-electron chi connectivity index (χ4n) is 2.02. The maximum atomic E-state index is 12.0. The molecule has 1 fully saturated rings. The lowest BCUT2D eigenvalue weighted by Crippen LogP contribution is -2.50. The van der Waals surface area contributed by atoms with Crippen LogP contribution in [0.5, 0.6) is 0 Å². The van der Waals surface area contributed by atoms with Crippen molar-refractivity contribution in [2.24, 2.45) is 0 Å². The van der Waals surface area contributed by atoms with Gasteiger partial charge in [-0.05, 0) is 12.1 Å². The second-order valence-corrected chi connectivity index (χ2v) is 4.69. The molecule has 98 valence electrons. The van der Waals surface area contributed by atoms with E-state index in [1.54, 1.807) is 0 Å². The van der Waals surface area contributed by atoms with Crippen LogP contribution in [0.15, 0.2) is 30.3 Å². The van der Waals surface area contributed by atoms with Crippen molar-refractivity contribution >= 4 is 23.3 Å². The Morgan fingerprint density at radius 2 is 1.83 bits per heavy atom. The Morgan fingerprint density at radius 1 is 1.17 bits per heavy atom. The number of alkyl halides is 1. The van der Waals surface area contributed by atoms with Gasteiger partial charge < -0.3 is 10.2 Å². The number of anilines is 1. The van der Waals surface area contributed by atoms with Gasteiger partial charge in [0.05, 0.1) is 0 Å². The molecule has 0 radical (unpaired) electrons. The van der Waals surface area contributed by atoms with Gasteiger partial charge in [-0.2, -0.15) is 0 Å². The third kappa shape index (κ3) is 3.62. The molecule has 0 aliphatic carbocycles. The number of hydrogen-bond acceptors (Lipinski definition) is 2. The molecule has 1 aromatic carbocycles. The van der Waals surface area contributed by atoms with Gasteiger partial charge in [-0.15, -0.1) is 11.6 Å². The maximum Gasteiger partial charge on any atom is 0.321 e. The maximum absolute atomic E-state index is 12.0. The first-order chi connectivity index (χ1) is 8.79. The van der Waals surface area contributed by atoms with E-state index in [2.05, 4.69) is 10.2 Å². The van der Waals surface area contributed by atoms with Crippen LogP contribution < -0.4 is 5.32 Å². The molecule has 1 aliphatic heterocycles. The summed E-state index contributed by atoms with van der Waals surface area (Å²) in [5, 5.41) is 2.90. The van der Waals surface area contributed by atoms with Crippen LogP contribution >= 0.6 is 11.6 Å². The molecule has 4 nitrogen and oxygen atoms in total. The number of carbonyl (C=O) groups excluding carboxylic acids is 1. The SMILES string of the molecule is O=C(Nc1ccccc1)N1CCN(CCCl)CC1. The van der Waals surface area contributed by atoms with Crippen LogP contribution in [0, 0.1) is 0 Å². The third-order valence-electron chi connectivity index (χ3n) is 3.09. The van der Waals surface area contributed by atoms with E-state index < -0.39 is 0 Å². The summed E-state index contributed by atoms with van der Waals surface area (Å²) >= 11 is 5.71. The van der Waals surface area contributed by atoms with Crippen molar-refractivity contribution in [2.45, 2.75) is 0 Å². The molecule has 1 N–H and O–H groups in total. The van der Waals surface area contributed by atoms with Crippen molar-refractivity contribution in [1.29, 1.82) is 0 Å². The predicted molar refractivity (Wildman–Crippen MR) is 74.2 cm³/mol.